The highest BCUT2D eigenvalue weighted by Gasteiger charge is 2.27. The highest BCUT2D eigenvalue weighted by molar-refractivity contribution is 7.93. The summed E-state index contributed by atoms with van der Waals surface area (Å²) in [4.78, 5) is 22.6. The van der Waals surface area contributed by atoms with Crippen molar-refractivity contribution in [2.24, 2.45) is 0 Å². The Kier molecular flexibility index (Phi) is 2.80. The number of carbonyl (C=O) groups is 2. The molecule has 1 aliphatic heterocycles. The Labute approximate surface area is 102 Å². The number of anilines is 1. The average molecular weight is 275 g/mol. The van der Waals surface area contributed by atoms with Crippen LogP contribution in [0.3, 0.4) is 0 Å². The molecule has 0 aromatic heterocycles. The van der Waals surface area contributed by atoms with Crippen LogP contribution in [0, 0.1) is 0 Å². The van der Waals surface area contributed by atoms with Crippen LogP contribution in [-0.4, -0.2) is 25.4 Å². The molecule has 2 N–H and O–H groups in total. The Hall–Kier alpha value is -1.60. The molecule has 17 heavy (non-hydrogen) atoms. The molecule has 8 heteroatoms. The Morgan fingerprint density at radius 3 is 2.47 bits per heavy atom. The van der Waals surface area contributed by atoms with Crippen molar-refractivity contribution in [2.75, 3.05) is 9.93 Å². The third-order valence-corrected chi connectivity index (χ3v) is 3.85. The van der Waals surface area contributed by atoms with Gasteiger partial charge in [0.25, 0.3) is 11.8 Å². The van der Waals surface area contributed by atoms with Gasteiger partial charge in [0, 0.05) is 5.69 Å². The Balaban J connectivity index is 2.39. The van der Waals surface area contributed by atoms with Gasteiger partial charge in [-0.05, 0) is 18.2 Å². The van der Waals surface area contributed by atoms with Gasteiger partial charge in [-0.1, -0.05) is 0 Å². The lowest BCUT2D eigenvalue weighted by Crippen LogP contribution is -2.19. The van der Waals surface area contributed by atoms with E-state index in [2.05, 4.69) is 10.0 Å². The minimum Gasteiger partial charge on any atom is -0.288 e. The fourth-order valence-electron chi connectivity index (χ4n) is 1.44. The van der Waals surface area contributed by atoms with Crippen molar-refractivity contribution in [1.82, 2.24) is 5.32 Å². The zero-order valence-electron chi connectivity index (χ0n) is 8.36. The number of carbonyl (C=O) groups excluding carboxylic acids is 2. The van der Waals surface area contributed by atoms with E-state index in [-0.39, 0.29) is 16.8 Å². The number of fused-ring (bicyclic) bond motifs is 1. The van der Waals surface area contributed by atoms with Crippen LogP contribution in [0.15, 0.2) is 18.2 Å². The summed E-state index contributed by atoms with van der Waals surface area (Å²) in [6.07, 6.45) is 0. The average Bonchev–Trinajstić information content (AvgIpc) is 2.54. The molecule has 1 aromatic rings. The molecule has 0 fully saturated rings. The lowest BCUT2D eigenvalue weighted by Gasteiger charge is -2.05. The summed E-state index contributed by atoms with van der Waals surface area (Å²) in [5.41, 5.74) is 0.558. The van der Waals surface area contributed by atoms with E-state index in [1.165, 1.54) is 18.2 Å². The zero-order chi connectivity index (χ0) is 12.6. The van der Waals surface area contributed by atoms with Crippen LogP contribution >= 0.6 is 11.6 Å². The third-order valence-electron chi connectivity index (χ3n) is 2.15. The van der Waals surface area contributed by atoms with Gasteiger partial charge >= 0.3 is 0 Å². The molecular formula is C9H7ClN2O4S. The Morgan fingerprint density at radius 2 is 1.82 bits per heavy atom. The minimum absolute atomic E-state index is 0.143. The first-order valence-electron chi connectivity index (χ1n) is 4.49. The number of sulfonamides is 1. The highest BCUT2D eigenvalue weighted by Crippen LogP contribution is 2.21. The number of rotatable bonds is 3. The van der Waals surface area contributed by atoms with Crippen LogP contribution in [0.4, 0.5) is 5.69 Å². The fourth-order valence-corrected chi connectivity index (χ4v) is 2.14. The summed E-state index contributed by atoms with van der Waals surface area (Å²) < 4.78 is 24.6. The molecule has 0 aliphatic carbocycles. The maximum atomic E-state index is 11.3. The molecule has 0 saturated carbocycles. The first kappa shape index (κ1) is 11.9. The molecule has 0 bridgehead atoms. The first-order valence-corrected chi connectivity index (χ1v) is 6.68. The van der Waals surface area contributed by atoms with Crippen molar-refractivity contribution in [3.05, 3.63) is 29.3 Å². The SMILES string of the molecule is O=C1NC(=O)c2cc(NS(=O)(=O)CCl)ccc21. The van der Waals surface area contributed by atoms with Crippen molar-refractivity contribution in [3.63, 3.8) is 0 Å². The number of hydrogen-bond donors (Lipinski definition) is 2. The summed E-state index contributed by atoms with van der Waals surface area (Å²) in [5.74, 6) is -1.03. The fraction of sp³-hybridized carbons (Fsp3) is 0.111. The number of hydrogen-bond acceptors (Lipinski definition) is 4. The predicted octanol–water partition coefficient (Wildman–Crippen LogP) is 0.508. The summed E-state index contributed by atoms with van der Waals surface area (Å²) >= 11 is 5.23. The number of imide groups is 1. The van der Waals surface area contributed by atoms with Gasteiger partial charge in [-0.25, -0.2) is 8.42 Å². The summed E-state index contributed by atoms with van der Waals surface area (Å²) in [6, 6.07) is 4.06. The highest BCUT2D eigenvalue weighted by atomic mass is 35.5. The van der Waals surface area contributed by atoms with Crippen LogP contribution < -0.4 is 10.0 Å². The van der Waals surface area contributed by atoms with Gasteiger partial charge < -0.3 is 0 Å². The lowest BCUT2D eigenvalue weighted by molar-refractivity contribution is 0.0879. The standard InChI is InChI=1S/C9H7ClN2O4S/c10-4-17(15,16)12-5-1-2-6-7(3-5)9(14)11-8(6)13/h1-3,12H,4H2,(H,11,13,14). The first-order chi connectivity index (χ1) is 7.93. The van der Waals surface area contributed by atoms with Gasteiger partial charge in [-0.15, -0.1) is 11.6 Å². The number of benzene rings is 1. The van der Waals surface area contributed by atoms with E-state index in [4.69, 9.17) is 11.6 Å². The van der Waals surface area contributed by atoms with Gasteiger partial charge in [-0.3, -0.25) is 19.6 Å². The molecular weight excluding hydrogens is 268 g/mol. The zero-order valence-corrected chi connectivity index (χ0v) is 9.93. The predicted molar refractivity (Wildman–Crippen MR) is 61.5 cm³/mol. The van der Waals surface area contributed by atoms with Crippen molar-refractivity contribution in [2.45, 2.75) is 0 Å². The molecule has 1 aliphatic rings. The molecule has 1 aromatic carbocycles. The molecule has 0 unspecified atom stereocenters. The molecule has 2 rings (SSSR count). The van der Waals surface area contributed by atoms with E-state index in [9.17, 15) is 18.0 Å². The van der Waals surface area contributed by atoms with Gasteiger partial charge in [-0.2, -0.15) is 0 Å². The normalized spacial score (nSPS) is 14.4. The van der Waals surface area contributed by atoms with Crippen molar-refractivity contribution in [1.29, 1.82) is 0 Å². The summed E-state index contributed by atoms with van der Waals surface area (Å²) in [7, 11) is -3.62. The molecule has 0 saturated heterocycles. The second-order valence-corrected chi connectivity index (χ2v) is 5.68. The van der Waals surface area contributed by atoms with E-state index in [0.717, 1.165) is 0 Å². The van der Waals surface area contributed by atoms with Crippen LogP contribution in [0.2, 0.25) is 0 Å². The maximum Gasteiger partial charge on any atom is 0.259 e. The van der Waals surface area contributed by atoms with Crippen molar-refractivity contribution in [3.8, 4) is 0 Å². The van der Waals surface area contributed by atoms with Crippen LogP contribution in [0.5, 0.6) is 0 Å². The molecule has 0 spiro atoms. The molecule has 2 amide bonds. The van der Waals surface area contributed by atoms with Crippen molar-refractivity contribution >= 4 is 39.1 Å². The van der Waals surface area contributed by atoms with Crippen molar-refractivity contribution < 1.29 is 18.0 Å². The van der Waals surface area contributed by atoms with Crippen LogP contribution in [0.25, 0.3) is 0 Å². The van der Waals surface area contributed by atoms with Crippen LogP contribution in [0.1, 0.15) is 20.7 Å². The largest absolute Gasteiger partial charge is 0.288 e. The number of halogens is 1. The quantitative estimate of drug-likeness (QED) is 0.620. The molecule has 6 nitrogen and oxygen atoms in total. The van der Waals surface area contributed by atoms with Gasteiger partial charge in [0.1, 0.15) is 5.21 Å². The summed E-state index contributed by atoms with van der Waals surface area (Å²) in [5, 5.41) is 1.52. The van der Waals surface area contributed by atoms with Gasteiger partial charge in [0.15, 0.2) is 0 Å². The topological polar surface area (TPSA) is 92.3 Å². The monoisotopic (exact) mass is 274 g/mol. The molecule has 0 atom stereocenters. The van der Waals surface area contributed by atoms with E-state index in [1.807, 2.05) is 0 Å². The third kappa shape index (κ3) is 2.25. The Bertz CT molecular complexity index is 611. The van der Waals surface area contributed by atoms with Gasteiger partial charge in [0.2, 0.25) is 10.0 Å². The summed E-state index contributed by atoms with van der Waals surface area (Å²) in [6.45, 7) is 0. The molecule has 0 radical (unpaired) electrons. The molecule has 90 valence electrons. The van der Waals surface area contributed by atoms with E-state index in [1.54, 1.807) is 0 Å². The number of nitrogens with one attached hydrogen (secondary N) is 2. The van der Waals surface area contributed by atoms with E-state index >= 15 is 0 Å². The second kappa shape index (κ2) is 4.01. The minimum atomic E-state index is -3.62. The lowest BCUT2D eigenvalue weighted by atomic mass is 10.1. The van der Waals surface area contributed by atoms with E-state index < -0.39 is 27.0 Å². The van der Waals surface area contributed by atoms with E-state index in [0.29, 0.717) is 0 Å². The van der Waals surface area contributed by atoms with Crippen LogP contribution in [-0.2, 0) is 10.0 Å². The maximum absolute atomic E-state index is 11.3. The van der Waals surface area contributed by atoms with Gasteiger partial charge in [0.05, 0.1) is 11.1 Å². The molecule has 1 heterocycles. The number of amides is 2. The number of alkyl halides is 1. The Morgan fingerprint density at radius 1 is 1.18 bits per heavy atom. The smallest absolute Gasteiger partial charge is 0.259 e. The second-order valence-electron chi connectivity index (χ2n) is 3.37.